The van der Waals surface area contributed by atoms with Crippen LogP contribution in [0.3, 0.4) is 0 Å². The summed E-state index contributed by atoms with van der Waals surface area (Å²) in [5.74, 6) is 0.317. The molecule has 0 saturated carbocycles. The lowest BCUT2D eigenvalue weighted by atomic mass is 9.95. The van der Waals surface area contributed by atoms with Crippen molar-refractivity contribution in [3.8, 4) is 0 Å². The lowest BCUT2D eigenvalue weighted by molar-refractivity contribution is 0.0139. The van der Waals surface area contributed by atoms with E-state index in [4.69, 9.17) is 14.6 Å². The number of benzene rings is 1. The van der Waals surface area contributed by atoms with Gasteiger partial charge in [-0.2, -0.15) is 0 Å². The third-order valence-electron chi connectivity index (χ3n) is 4.97. The van der Waals surface area contributed by atoms with Crippen LogP contribution in [0.4, 0.5) is 10.5 Å². The Balaban J connectivity index is 2.14. The summed E-state index contributed by atoms with van der Waals surface area (Å²) in [4.78, 5) is 16.5. The van der Waals surface area contributed by atoms with Gasteiger partial charge in [-0.3, -0.25) is 0 Å². The molecule has 1 heterocycles. The number of carbonyl (C=O) groups is 1. The van der Waals surface area contributed by atoms with E-state index in [0.29, 0.717) is 32.0 Å². The summed E-state index contributed by atoms with van der Waals surface area (Å²) in [7, 11) is 0. The minimum atomic E-state index is -0.477. The average molecular weight is 407 g/mol. The van der Waals surface area contributed by atoms with Crippen molar-refractivity contribution in [2.75, 3.05) is 44.3 Å². The first-order valence-electron chi connectivity index (χ1n) is 10.7. The van der Waals surface area contributed by atoms with Crippen LogP contribution in [-0.4, -0.2) is 61.1 Å². The van der Waals surface area contributed by atoms with Crippen molar-refractivity contribution >= 4 is 11.8 Å². The number of carbonyl (C=O) groups excluding carboxylic acids is 1. The van der Waals surface area contributed by atoms with Crippen LogP contribution in [0.2, 0.25) is 0 Å². The zero-order valence-electron chi connectivity index (χ0n) is 18.9. The Morgan fingerprint density at radius 1 is 1.17 bits per heavy atom. The second-order valence-corrected chi connectivity index (χ2v) is 9.13. The molecule has 0 aliphatic carbocycles. The molecule has 1 unspecified atom stereocenters. The molecule has 6 nitrogen and oxygen atoms in total. The summed E-state index contributed by atoms with van der Waals surface area (Å²) >= 11 is 0. The van der Waals surface area contributed by atoms with Crippen LogP contribution in [0, 0.1) is 12.8 Å². The second kappa shape index (κ2) is 10.3. The minimum Gasteiger partial charge on any atom is -0.444 e. The van der Waals surface area contributed by atoms with Gasteiger partial charge in [0.05, 0.1) is 6.10 Å². The molecule has 2 rings (SSSR count). The maximum atomic E-state index is 12.4. The van der Waals surface area contributed by atoms with Gasteiger partial charge in [-0.05, 0) is 46.1 Å². The van der Waals surface area contributed by atoms with Crippen molar-refractivity contribution < 1.29 is 19.4 Å². The molecule has 0 spiro atoms. The van der Waals surface area contributed by atoms with E-state index in [1.165, 1.54) is 16.8 Å². The number of nitrogens with zero attached hydrogens (tertiary/aromatic N) is 2. The smallest absolute Gasteiger partial charge is 0.410 e. The molecule has 1 atom stereocenters. The molecule has 0 aromatic heterocycles. The lowest BCUT2D eigenvalue weighted by Crippen LogP contribution is -2.50. The Kier molecular flexibility index (Phi) is 8.34. The predicted octanol–water partition coefficient (Wildman–Crippen LogP) is 4.15. The van der Waals surface area contributed by atoms with Gasteiger partial charge >= 0.3 is 6.09 Å². The van der Waals surface area contributed by atoms with Crippen molar-refractivity contribution in [2.45, 2.75) is 59.7 Å². The van der Waals surface area contributed by atoms with Crippen LogP contribution in [0.5, 0.6) is 0 Å². The Hall–Kier alpha value is -1.79. The molecule has 1 N–H and O–H groups in total. The van der Waals surface area contributed by atoms with Crippen molar-refractivity contribution in [2.24, 2.45) is 5.92 Å². The highest BCUT2D eigenvalue weighted by Gasteiger charge is 2.28. The van der Waals surface area contributed by atoms with Gasteiger partial charge in [0.1, 0.15) is 5.60 Å². The molecule has 0 bridgehead atoms. The van der Waals surface area contributed by atoms with E-state index in [0.717, 1.165) is 13.1 Å². The Labute approximate surface area is 175 Å². The van der Waals surface area contributed by atoms with Crippen LogP contribution in [0.25, 0.3) is 0 Å². The summed E-state index contributed by atoms with van der Waals surface area (Å²) in [6, 6.07) is 6.50. The Morgan fingerprint density at radius 2 is 1.83 bits per heavy atom. The molecule has 1 aromatic rings. The molecule has 1 aromatic carbocycles. The van der Waals surface area contributed by atoms with Gasteiger partial charge in [-0.1, -0.05) is 31.5 Å². The summed E-state index contributed by atoms with van der Waals surface area (Å²) in [5, 5.41) is 9.10. The van der Waals surface area contributed by atoms with Crippen LogP contribution >= 0.6 is 0 Å². The number of amides is 1. The lowest BCUT2D eigenvalue weighted by Gasteiger charge is -2.38. The number of ether oxygens (including phenoxy) is 2. The molecule has 1 aliphatic rings. The average Bonchev–Trinajstić information content (AvgIpc) is 2.64. The van der Waals surface area contributed by atoms with Gasteiger partial charge in [0.15, 0.2) is 0 Å². The van der Waals surface area contributed by atoms with Gasteiger partial charge in [0.25, 0.3) is 0 Å². The van der Waals surface area contributed by atoms with E-state index in [1.807, 2.05) is 20.8 Å². The SMILES string of the molecule is Cc1ccc(N2CCN(C(=O)OC(C)(C)C)CC2)c(C(OCCCO)C(C)C)c1. The van der Waals surface area contributed by atoms with Crippen LogP contribution in [0.15, 0.2) is 18.2 Å². The fourth-order valence-corrected chi connectivity index (χ4v) is 3.56. The molecular weight excluding hydrogens is 368 g/mol. The fourth-order valence-electron chi connectivity index (χ4n) is 3.56. The molecule has 1 saturated heterocycles. The van der Waals surface area contributed by atoms with E-state index >= 15 is 0 Å². The maximum absolute atomic E-state index is 12.4. The molecule has 29 heavy (non-hydrogen) atoms. The third kappa shape index (κ3) is 6.89. The zero-order valence-corrected chi connectivity index (χ0v) is 18.9. The van der Waals surface area contributed by atoms with E-state index in [9.17, 15) is 4.79 Å². The third-order valence-corrected chi connectivity index (χ3v) is 4.97. The first-order chi connectivity index (χ1) is 13.6. The van der Waals surface area contributed by atoms with Gasteiger partial charge in [-0.25, -0.2) is 4.79 Å². The maximum Gasteiger partial charge on any atom is 0.410 e. The number of anilines is 1. The van der Waals surface area contributed by atoms with Gasteiger partial charge in [0, 0.05) is 50.6 Å². The molecule has 1 amide bonds. The minimum absolute atomic E-state index is 0.0275. The molecule has 6 heteroatoms. The fraction of sp³-hybridized carbons (Fsp3) is 0.696. The van der Waals surface area contributed by atoms with Gasteiger partial charge in [-0.15, -0.1) is 0 Å². The van der Waals surface area contributed by atoms with E-state index < -0.39 is 5.60 Å². The van der Waals surface area contributed by atoms with E-state index in [1.54, 1.807) is 4.90 Å². The summed E-state index contributed by atoms with van der Waals surface area (Å²) in [5.41, 5.74) is 3.08. The highest BCUT2D eigenvalue weighted by Crippen LogP contribution is 2.35. The predicted molar refractivity (Wildman–Crippen MR) is 116 cm³/mol. The van der Waals surface area contributed by atoms with Crippen LogP contribution in [0.1, 0.15) is 58.3 Å². The quantitative estimate of drug-likeness (QED) is 0.689. The van der Waals surface area contributed by atoms with Crippen molar-refractivity contribution in [1.82, 2.24) is 4.90 Å². The number of hydrogen-bond acceptors (Lipinski definition) is 5. The largest absolute Gasteiger partial charge is 0.444 e. The monoisotopic (exact) mass is 406 g/mol. The molecular formula is C23H38N2O4. The van der Waals surface area contributed by atoms with Gasteiger partial charge < -0.3 is 24.4 Å². The number of rotatable bonds is 7. The zero-order chi connectivity index (χ0) is 21.6. The number of aryl methyl sites for hydroxylation is 1. The van der Waals surface area contributed by atoms with Crippen molar-refractivity contribution in [1.29, 1.82) is 0 Å². The first kappa shape index (κ1) is 23.5. The molecule has 164 valence electrons. The topological polar surface area (TPSA) is 62.2 Å². The summed E-state index contributed by atoms with van der Waals surface area (Å²) in [6.07, 6.45) is 0.368. The van der Waals surface area contributed by atoms with Crippen molar-refractivity contribution in [3.05, 3.63) is 29.3 Å². The van der Waals surface area contributed by atoms with Crippen LogP contribution < -0.4 is 4.90 Å². The Bertz CT molecular complexity index is 661. The van der Waals surface area contributed by atoms with Crippen LogP contribution in [-0.2, 0) is 9.47 Å². The highest BCUT2D eigenvalue weighted by atomic mass is 16.6. The standard InChI is InChI=1S/C23H38N2O4/c1-17(2)21(28-15-7-14-26)19-16-18(3)8-9-20(19)24-10-12-25(13-11-24)22(27)29-23(4,5)6/h8-9,16-17,21,26H,7,10-15H2,1-6H3. The highest BCUT2D eigenvalue weighted by molar-refractivity contribution is 5.69. The molecule has 1 fully saturated rings. The van der Waals surface area contributed by atoms with Gasteiger partial charge in [0.2, 0.25) is 0 Å². The summed E-state index contributed by atoms with van der Waals surface area (Å²) < 4.78 is 11.7. The number of piperazine rings is 1. The summed E-state index contributed by atoms with van der Waals surface area (Å²) in [6.45, 7) is 15.6. The number of aliphatic hydroxyl groups excluding tert-OH is 1. The number of hydrogen-bond donors (Lipinski definition) is 1. The molecule has 1 aliphatic heterocycles. The van der Waals surface area contributed by atoms with E-state index in [-0.39, 0.29) is 18.8 Å². The number of aliphatic hydroxyl groups is 1. The van der Waals surface area contributed by atoms with Crippen molar-refractivity contribution in [3.63, 3.8) is 0 Å². The first-order valence-corrected chi connectivity index (χ1v) is 10.7. The molecule has 0 radical (unpaired) electrons. The normalized spacial score (nSPS) is 16.3. The van der Waals surface area contributed by atoms with E-state index in [2.05, 4.69) is 43.9 Å². The second-order valence-electron chi connectivity index (χ2n) is 9.13. The Morgan fingerprint density at radius 3 is 2.38 bits per heavy atom.